The smallest absolute Gasteiger partial charge is 0.338 e. The van der Waals surface area contributed by atoms with Crippen molar-refractivity contribution in [3.63, 3.8) is 0 Å². The maximum atomic E-state index is 12.1. The number of nitrogens with two attached hydrogens (primary N) is 1. The minimum absolute atomic E-state index is 0.0491. The highest BCUT2D eigenvalue weighted by molar-refractivity contribution is 6.33. The zero-order chi connectivity index (χ0) is 17.3. The summed E-state index contributed by atoms with van der Waals surface area (Å²) in [6, 6.07) is 11.3. The topological polar surface area (TPSA) is 82.5 Å². The second-order valence-corrected chi connectivity index (χ2v) is 5.81. The Kier molecular flexibility index (Phi) is 4.27. The molecule has 0 atom stereocenters. The Morgan fingerprint density at radius 1 is 1.21 bits per heavy atom. The van der Waals surface area contributed by atoms with Crippen LogP contribution in [0.3, 0.4) is 0 Å². The van der Waals surface area contributed by atoms with E-state index in [1.807, 2.05) is 19.1 Å². The van der Waals surface area contributed by atoms with Crippen molar-refractivity contribution in [2.45, 2.75) is 13.5 Å². The van der Waals surface area contributed by atoms with Crippen molar-refractivity contribution in [3.05, 3.63) is 74.6 Å². The summed E-state index contributed by atoms with van der Waals surface area (Å²) in [5.74, 6) is -0.549. The fourth-order valence-corrected chi connectivity index (χ4v) is 2.47. The van der Waals surface area contributed by atoms with Gasteiger partial charge in [-0.05, 0) is 36.8 Å². The number of aryl methyl sites for hydroxylation is 1. The van der Waals surface area contributed by atoms with E-state index >= 15 is 0 Å². The van der Waals surface area contributed by atoms with Gasteiger partial charge in [-0.15, -0.1) is 0 Å². The Bertz CT molecular complexity index is 994. The zero-order valence-corrected chi connectivity index (χ0v) is 13.6. The lowest BCUT2D eigenvalue weighted by Gasteiger charge is -2.08. The highest BCUT2D eigenvalue weighted by Gasteiger charge is 2.12. The van der Waals surface area contributed by atoms with Gasteiger partial charge in [0.1, 0.15) is 12.2 Å². The van der Waals surface area contributed by atoms with Crippen molar-refractivity contribution in [1.29, 1.82) is 0 Å². The van der Waals surface area contributed by atoms with Crippen LogP contribution in [0.2, 0.25) is 5.02 Å². The van der Waals surface area contributed by atoms with Gasteiger partial charge in [-0.3, -0.25) is 0 Å². The number of esters is 1. The summed E-state index contributed by atoms with van der Waals surface area (Å²) in [4.78, 5) is 23.8. The molecule has 0 saturated heterocycles. The highest BCUT2D eigenvalue weighted by Crippen LogP contribution is 2.22. The molecule has 2 aromatic carbocycles. The van der Waals surface area contributed by atoms with E-state index in [0.717, 1.165) is 10.9 Å². The summed E-state index contributed by atoms with van der Waals surface area (Å²) in [5, 5.41) is 1.09. The first-order chi connectivity index (χ1) is 11.4. The van der Waals surface area contributed by atoms with Gasteiger partial charge in [-0.2, -0.15) is 0 Å². The van der Waals surface area contributed by atoms with Crippen LogP contribution in [0.15, 0.2) is 51.7 Å². The summed E-state index contributed by atoms with van der Waals surface area (Å²) in [6.07, 6.45) is 0. The SMILES string of the molecule is Cc1ccc2c(COC(=O)c3ccc(Cl)c(N)c3)cc(=O)oc2c1. The van der Waals surface area contributed by atoms with Gasteiger partial charge >= 0.3 is 11.6 Å². The molecule has 0 aliphatic heterocycles. The van der Waals surface area contributed by atoms with E-state index < -0.39 is 11.6 Å². The number of anilines is 1. The van der Waals surface area contributed by atoms with E-state index in [1.54, 1.807) is 6.07 Å². The number of hydrogen-bond donors (Lipinski definition) is 1. The van der Waals surface area contributed by atoms with E-state index in [2.05, 4.69) is 0 Å². The molecule has 24 heavy (non-hydrogen) atoms. The molecule has 3 rings (SSSR count). The maximum absolute atomic E-state index is 12.1. The number of rotatable bonds is 3. The fraction of sp³-hybridized carbons (Fsp3) is 0.111. The molecule has 6 heteroatoms. The standard InChI is InChI=1S/C18H14ClNO4/c1-10-2-4-13-12(8-17(21)24-16(13)6-10)9-23-18(22)11-3-5-14(19)15(20)7-11/h2-8H,9,20H2,1H3. The lowest BCUT2D eigenvalue weighted by molar-refractivity contribution is 0.0474. The van der Waals surface area contributed by atoms with Crippen molar-refractivity contribution >= 4 is 34.2 Å². The summed E-state index contributed by atoms with van der Waals surface area (Å²) in [7, 11) is 0. The van der Waals surface area contributed by atoms with Crippen LogP contribution in [0.1, 0.15) is 21.5 Å². The molecule has 122 valence electrons. The van der Waals surface area contributed by atoms with Crippen LogP contribution >= 0.6 is 11.6 Å². The van der Waals surface area contributed by atoms with Crippen molar-refractivity contribution < 1.29 is 13.9 Å². The molecular weight excluding hydrogens is 330 g/mol. The number of ether oxygens (including phenoxy) is 1. The lowest BCUT2D eigenvalue weighted by Crippen LogP contribution is -2.08. The molecule has 3 aromatic rings. The largest absolute Gasteiger partial charge is 0.457 e. The van der Waals surface area contributed by atoms with Gasteiger partial charge in [0.25, 0.3) is 0 Å². The van der Waals surface area contributed by atoms with Crippen molar-refractivity contribution in [2.24, 2.45) is 0 Å². The van der Waals surface area contributed by atoms with E-state index in [9.17, 15) is 9.59 Å². The van der Waals surface area contributed by atoms with E-state index in [1.165, 1.54) is 24.3 Å². The monoisotopic (exact) mass is 343 g/mol. The number of fused-ring (bicyclic) bond motifs is 1. The molecule has 0 unspecified atom stereocenters. The molecule has 5 nitrogen and oxygen atoms in total. The number of hydrogen-bond acceptors (Lipinski definition) is 5. The molecule has 0 amide bonds. The van der Waals surface area contributed by atoms with Crippen molar-refractivity contribution in [2.75, 3.05) is 5.73 Å². The van der Waals surface area contributed by atoms with Crippen LogP contribution in [0.5, 0.6) is 0 Å². The van der Waals surface area contributed by atoms with Crippen LogP contribution in [0.4, 0.5) is 5.69 Å². The number of carbonyl (C=O) groups is 1. The average Bonchev–Trinajstić information content (AvgIpc) is 2.54. The first-order valence-electron chi connectivity index (χ1n) is 7.19. The highest BCUT2D eigenvalue weighted by atomic mass is 35.5. The molecule has 0 radical (unpaired) electrons. The minimum atomic E-state index is -0.549. The van der Waals surface area contributed by atoms with Crippen LogP contribution in [0.25, 0.3) is 11.0 Å². The summed E-state index contributed by atoms with van der Waals surface area (Å²) < 4.78 is 10.5. The number of halogens is 1. The third-order valence-electron chi connectivity index (χ3n) is 3.58. The molecule has 1 heterocycles. The Hall–Kier alpha value is -2.79. The van der Waals surface area contributed by atoms with Crippen LogP contribution < -0.4 is 11.4 Å². The van der Waals surface area contributed by atoms with Crippen LogP contribution in [-0.4, -0.2) is 5.97 Å². The van der Waals surface area contributed by atoms with Gasteiger partial charge in [0.05, 0.1) is 16.3 Å². The van der Waals surface area contributed by atoms with Gasteiger partial charge in [0.2, 0.25) is 0 Å². The predicted octanol–water partition coefficient (Wildman–Crippen LogP) is 3.69. The number of carbonyl (C=O) groups excluding carboxylic acids is 1. The van der Waals surface area contributed by atoms with Gasteiger partial charge in [0.15, 0.2) is 0 Å². The molecule has 0 aliphatic carbocycles. The molecule has 0 fully saturated rings. The third kappa shape index (κ3) is 3.26. The van der Waals surface area contributed by atoms with Gasteiger partial charge in [-0.25, -0.2) is 9.59 Å². The van der Waals surface area contributed by atoms with Gasteiger partial charge in [-0.1, -0.05) is 23.7 Å². The molecule has 0 aliphatic rings. The normalized spacial score (nSPS) is 10.8. The van der Waals surface area contributed by atoms with Crippen LogP contribution in [0, 0.1) is 6.92 Å². The Morgan fingerprint density at radius 3 is 2.75 bits per heavy atom. The second-order valence-electron chi connectivity index (χ2n) is 5.40. The quantitative estimate of drug-likeness (QED) is 0.445. The summed E-state index contributed by atoms with van der Waals surface area (Å²) >= 11 is 5.83. The first kappa shape index (κ1) is 16.1. The second kappa shape index (κ2) is 6.37. The van der Waals surface area contributed by atoms with E-state index in [0.29, 0.717) is 27.4 Å². The predicted molar refractivity (Wildman–Crippen MR) is 92.2 cm³/mol. The zero-order valence-electron chi connectivity index (χ0n) is 12.8. The summed E-state index contributed by atoms with van der Waals surface area (Å²) in [6.45, 7) is 1.85. The third-order valence-corrected chi connectivity index (χ3v) is 3.92. The first-order valence-corrected chi connectivity index (χ1v) is 7.57. The van der Waals surface area contributed by atoms with Crippen LogP contribution in [-0.2, 0) is 11.3 Å². The van der Waals surface area contributed by atoms with Crippen molar-refractivity contribution in [3.8, 4) is 0 Å². The molecule has 0 spiro atoms. The Balaban J connectivity index is 1.86. The van der Waals surface area contributed by atoms with Gasteiger partial charge in [0, 0.05) is 17.0 Å². The molecular formula is C18H14ClNO4. The van der Waals surface area contributed by atoms with E-state index in [-0.39, 0.29) is 6.61 Å². The number of nitrogen functional groups attached to an aromatic ring is 1. The van der Waals surface area contributed by atoms with Gasteiger partial charge < -0.3 is 14.9 Å². The Labute approximate surface area is 142 Å². The number of benzene rings is 2. The fourth-order valence-electron chi connectivity index (χ4n) is 2.35. The molecule has 1 aromatic heterocycles. The molecule has 2 N–H and O–H groups in total. The Morgan fingerprint density at radius 2 is 2.00 bits per heavy atom. The lowest BCUT2D eigenvalue weighted by atomic mass is 10.1. The van der Waals surface area contributed by atoms with E-state index in [4.69, 9.17) is 26.5 Å². The average molecular weight is 344 g/mol. The van der Waals surface area contributed by atoms with Crippen molar-refractivity contribution in [1.82, 2.24) is 0 Å². The maximum Gasteiger partial charge on any atom is 0.338 e. The minimum Gasteiger partial charge on any atom is -0.457 e. The summed E-state index contributed by atoms with van der Waals surface area (Å²) in [5.41, 5.74) is 7.79. The molecule has 0 saturated carbocycles. The molecule has 0 bridgehead atoms.